The Kier molecular flexibility index (Phi) is 9.93. The molecule has 3 rings (SSSR count). The number of anilines is 1. The van der Waals surface area contributed by atoms with Crippen molar-refractivity contribution in [2.45, 2.75) is 38.3 Å². The van der Waals surface area contributed by atoms with E-state index in [0.717, 1.165) is 19.9 Å². The minimum absolute atomic E-state index is 0.0166. The maximum absolute atomic E-state index is 13.8. The average Bonchev–Trinajstić information content (AvgIpc) is 2.91. The second kappa shape index (κ2) is 12.9. The van der Waals surface area contributed by atoms with Gasteiger partial charge in [-0.1, -0.05) is 45.8 Å². The van der Waals surface area contributed by atoms with Gasteiger partial charge in [-0.25, -0.2) is 8.42 Å². The van der Waals surface area contributed by atoms with E-state index in [9.17, 15) is 18.0 Å². The van der Waals surface area contributed by atoms with Crippen molar-refractivity contribution in [1.29, 1.82) is 0 Å². The van der Waals surface area contributed by atoms with Gasteiger partial charge in [0.1, 0.15) is 18.3 Å². The zero-order valence-electron chi connectivity index (χ0n) is 21.8. The molecule has 10 heteroatoms. The van der Waals surface area contributed by atoms with Crippen LogP contribution in [0.4, 0.5) is 5.69 Å². The summed E-state index contributed by atoms with van der Waals surface area (Å²) in [5.41, 5.74) is 2.09. The first kappa shape index (κ1) is 29.2. The number of nitrogens with zero attached hydrogens (tertiary/aromatic N) is 2. The first-order chi connectivity index (χ1) is 18.1. The zero-order valence-corrected chi connectivity index (χ0v) is 24.3. The molecule has 0 aromatic heterocycles. The molecular formula is C28H32BrN3O5S. The van der Waals surface area contributed by atoms with Gasteiger partial charge in [0.15, 0.2) is 0 Å². The highest BCUT2D eigenvalue weighted by Gasteiger charge is 2.32. The number of ether oxygens (including phenoxy) is 1. The summed E-state index contributed by atoms with van der Waals surface area (Å²) in [6.45, 7) is 5.38. The second-order valence-electron chi connectivity index (χ2n) is 8.74. The highest BCUT2D eigenvalue weighted by Crippen LogP contribution is 2.26. The van der Waals surface area contributed by atoms with Gasteiger partial charge in [-0.05, 0) is 74.9 Å². The standard InChI is InChI=1S/C28H32BrN3O5S/c1-5-30-28(34)21(3)31(18-22-8-10-23(29)11-9-22)27(33)19-32(24-12-6-20(2)7-13-24)38(35,36)26-16-14-25(37-4)15-17-26/h6-17,21H,5,18-19H2,1-4H3,(H,30,34). The first-order valence-electron chi connectivity index (χ1n) is 12.1. The summed E-state index contributed by atoms with van der Waals surface area (Å²) in [5.74, 6) is -0.319. The predicted molar refractivity (Wildman–Crippen MR) is 152 cm³/mol. The summed E-state index contributed by atoms with van der Waals surface area (Å²) in [6.07, 6.45) is 0. The molecule has 0 bridgehead atoms. The van der Waals surface area contributed by atoms with Crippen LogP contribution in [0.5, 0.6) is 5.75 Å². The molecule has 0 saturated carbocycles. The van der Waals surface area contributed by atoms with Crippen molar-refractivity contribution >= 4 is 43.5 Å². The Hall–Kier alpha value is -3.37. The summed E-state index contributed by atoms with van der Waals surface area (Å²) >= 11 is 3.40. The lowest BCUT2D eigenvalue weighted by atomic mass is 10.1. The minimum atomic E-state index is -4.13. The molecule has 202 valence electrons. The molecule has 8 nitrogen and oxygen atoms in total. The number of benzene rings is 3. The van der Waals surface area contributed by atoms with E-state index in [1.807, 2.05) is 31.2 Å². The average molecular weight is 603 g/mol. The van der Waals surface area contributed by atoms with Gasteiger partial charge in [-0.15, -0.1) is 0 Å². The number of aryl methyl sites for hydroxylation is 1. The van der Waals surface area contributed by atoms with Crippen molar-refractivity contribution < 1.29 is 22.7 Å². The molecule has 38 heavy (non-hydrogen) atoms. The van der Waals surface area contributed by atoms with Crippen LogP contribution in [0.15, 0.2) is 82.2 Å². The van der Waals surface area contributed by atoms with Crippen molar-refractivity contribution in [2.24, 2.45) is 0 Å². The highest BCUT2D eigenvalue weighted by molar-refractivity contribution is 9.10. The smallest absolute Gasteiger partial charge is 0.264 e. The summed E-state index contributed by atoms with van der Waals surface area (Å²) < 4.78 is 34.7. The number of carbonyl (C=O) groups excluding carboxylic acids is 2. The van der Waals surface area contributed by atoms with Crippen LogP contribution in [0.3, 0.4) is 0 Å². The number of halogens is 1. The fourth-order valence-corrected chi connectivity index (χ4v) is 5.48. The maximum Gasteiger partial charge on any atom is 0.264 e. The van der Waals surface area contributed by atoms with Crippen LogP contribution in [0, 0.1) is 6.92 Å². The van der Waals surface area contributed by atoms with Crippen LogP contribution in [0.25, 0.3) is 0 Å². The normalized spacial score (nSPS) is 11.9. The topological polar surface area (TPSA) is 96.0 Å². The van der Waals surface area contributed by atoms with E-state index >= 15 is 0 Å². The van der Waals surface area contributed by atoms with Crippen molar-refractivity contribution in [2.75, 3.05) is 24.5 Å². The first-order valence-corrected chi connectivity index (χ1v) is 14.3. The fourth-order valence-electron chi connectivity index (χ4n) is 3.81. The second-order valence-corrected chi connectivity index (χ2v) is 11.5. The van der Waals surface area contributed by atoms with E-state index in [4.69, 9.17) is 4.74 Å². The van der Waals surface area contributed by atoms with E-state index in [0.29, 0.717) is 18.0 Å². The van der Waals surface area contributed by atoms with E-state index in [2.05, 4.69) is 21.2 Å². The maximum atomic E-state index is 13.8. The molecule has 0 aliphatic carbocycles. The Balaban J connectivity index is 2.01. The van der Waals surface area contributed by atoms with Crippen LogP contribution in [-0.4, -0.2) is 51.4 Å². The quantitative estimate of drug-likeness (QED) is 0.349. The van der Waals surface area contributed by atoms with E-state index in [1.165, 1.54) is 24.1 Å². The van der Waals surface area contributed by atoms with Crippen molar-refractivity contribution in [1.82, 2.24) is 10.2 Å². The molecule has 1 atom stereocenters. The van der Waals surface area contributed by atoms with Crippen LogP contribution in [0.1, 0.15) is 25.0 Å². The third-order valence-electron chi connectivity index (χ3n) is 6.03. The number of carbonyl (C=O) groups is 2. The Bertz CT molecular complexity index is 1340. The monoisotopic (exact) mass is 601 g/mol. The lowest BCUT2D eigenvalue weighted by Gasteiger charge is -2.32. The molecule has 0 spiro atoms. The molecule has 1 N–H and O–H groups in total. The fraction of sp³-hybridized carbons (Fsp3) is 0.286. The molecule has 0 radical (unpaired) electrons. The lowest BCUT2D eigenvalue weighted by Crippen LogP contribution is -2.51. The Morgan fingerprint density at radius 1 is 0.974 bits per heavy atom. The zero-order chi connectivity index (χ0) is 27.9. The lowest BCUT2D eigenvalue weighted by molar-refractivity contribution is -0.139. The van der Waals surface area contributed by atoms with E-state index in [-0.39, 0.29) is 17.3 Å². The number of hydrogen-bond acceptors (Lipinski definition) is 5. The summed E-state index contributed by atoms with van der Waals surface area (Å²) in [7, 11) is -2.63. The van der Waals surface area contributed by atoms with E-state index in [1.54, 1.807) is 50.2 Å². The van der Waals surface area contributed by atoms with Crippen LogP contribution in [0.2, 0.25) is 0 Å². The number of amides is 2. The Morgan fingerprint density at radius 3 is 2.13 bits per heavy atom. The third-order valence-corrected chi connectivity index (χ3v) is 8.35. The molecule has 0 saturated heterocycles. The van der Waals surface area contributed by atoms with Gasteiger partial charge in [0.2, 0.25) is 11.8 Å². The van der Waals surface area contributed by atoms with Crippen molar-refractivity contribution in [3.05, 3.63) is 88.4 Å². The molecule has 0 aliphatic rings. The van der Waals surface area contributed by atoms with Crippen molar-refractivity contribution in [3.8, 4) is 5.75 Å². The van der Waals surface area contributed by atoms with Gasteiger partial charge < -0.3 is 15.0 Å². The van der Waals surface area contributed by atoms with Gasteiger partial charge in [-0.2, -0.15) is 0 Å². The van der Waals surface area contributed by atoms with Gasteiger partial charge in [0.05, 0.1) is 17.7 Å². The molecule has 3 aromatic carbocycles. The largest absolute Gasteiger partial charge is 0.497 e. The number of sulfonamides is 1. The SMILES string of the molecule is CCNC(=O)C(C)N(Cc1ccc(Br)cc1)C(=O)CN(c1ccc(C)cc1)S(=O)(=O)c1ccc(OC)cc1. The molecular weight excluding hydrogens is 570 g/mol. The molecule has 1 unspecified atom stereocenters. The van der Waals surface area contributed by atoms with E-state index < -0.39 is 28.5 Å². The highest BCUT2D eigenvalue weighted by atomic mass is 79.9. The molecule has 3 aromatic rings. The summed E-state index contributed by atoms with van der Waals surface area (Å²) in [6, 6.07) is 19.5. The van der Waals surface area contributed by atoms with Crippen molar-refractivity contribution in [3.63, 3.8) is 0 Å². The number of rotatable bonds is 11. The predicted octanol–water partition coefficient (Wildman–Crippen LogP) is 4.51. The molecule has 0 heterocycles. The van der Waals surface area contributed by atoms with Gasteiger partial charge >= 0.3 is 0 Å². The molecule has 2 amide bonds. The van der Waals surface area contributed by atoms with Gasteiger partial charge in [0, 0.05) is 17.6 Å². The van der Waals surface area contributed by atoms with Crippen LogP contribution < -0.4 is 14.4 Å². The van der Waals surface area contributed by atoms with Crippen LogP contribution in [-0.2, 0) is 26.2 Å². The van der Waals surface area contributed by atoms with Crippen LogP contribution >= 0.6 is 15.9 Å². The number of methoxy groups -OCH3 is 1. The minimum Gasteiger partial charge on any atom is -0.497 e. The Labute approximate surface area is 232 Å². The molecule has 0 aliphatic heterocycles. The number of nitrogens with one attached hydrogen (secondary N) is 1. The Morgan fingerprint density at radius 2 is 1.58 bits per heavy atom. The van der Waals surface area contributed by atoms with Gasteiger partial charge in [0.25, 0.3) is 10.0 Å². The summed E-state index contributed by atoms with van der Waals surface area (Å²) in [4.78, 5) is 28.0. The van der Waals surface area contributed by atoms with Gasteiger partial charge in [-0.3, -0.25) is 13.9 Å². The number of hydrogen-bond donors (Lipinski definition) is 1. The molecule has 0 fully saturated rings. The summed E-state index contributed by atoms with van der Waals surface area (Å²) in [5, 5.41) is 2.75. The number of likely N-dealkylation sites (N-methyl/N-ethyl adjacent to an activating group) is 1. The third kappa shape index (κ3) is 7.14.